The number of amides is 2. The third kappa shape index (κ3) is 5.47. The number of methoxy groups -OCH3 is 1. The molecule has 0 aromatic heterocycles. The van der Waals surface area contributed by atoms with Gasteiger partial charge in [0, 0.05) is 33.2 Å². The third-order valence-corrected chi connectivity index (χ3v) is 6.06. The number of nitrogens with one attached hydrogen (secondary N) is 1. The number of rotatable bonds is 6. The highest BCUT2D eigenvalue weighted by atomic mass is 16.5. The van der Waals surface area contributed by atoms with Gasteiger partial charge in [-0.1, -0.05) is 12.1 Å². The lowest BCUT2D eigenvalue weighted by Crippen LogP contribution is -2.51. The van der Waals surface area contributed by atoms with Crippen molar-refractivity contribution < 1.29 is 19.1 Å². The molecule has 6 nitrogen and oxygen atoms in total. The van der Waals surface area contributed by atoms with Crippen LogP contribution in [0.15, 0.2) is 24.3 Å². The highest BCUT2D eigenvalue weighted by Gasteiger charge is 2.40. The van der Waals surface area contributed by atoms with E-state index in [2.05, 4.69) is 5.32 Å². The van der Waals surface area contributed by atoms with Crippen molar-refractivity contribution in [2.24, 2.45) is 5.92 Å². The number of hydrogen-bond donors (Lipinski definition) is 1. The summed E-state index contributed by atoms with van der Waals surface area (Å²) in [6, 6.07) is 7.69. The van der Waals surface area contributed by atoms with Crippen molar-refractivity contribution in [3.05, 3.63) is 29.8 Å². The Morgan fingerprint density at radius 3 is 2.61 bits per heavy atom. The fraction of sp³-hybridized carbons (Fsp3) is 0.636. The summed E-state index contributed by atoms with van der Waals surface area (Å²) in [5, 5.41) is 2.90. The van der Waals surface area contributed by atoms with Crippen LogP contribution in [0.4, 0.5) is 0 Å². The molecule has 0 saturated carbocycles. The number of hydrogen-bond acceptors (Lipinski definition) is 4. The summed E-state index contributed by atoms with van der Waals surface area (Å²) in [7, 11) is 1.64. The molecule has 6 heteroatoms. The lowest BCUT2D eigenvalue weighted by atomic mass is 9.78. The molecule has 0 bridgehead atoms. The van der Waals surface area contributed by atoms with E-state index in [4.69, 9.17) is 9.47 Å². The molecule has 1 aromatic rings. The molecule has 0 radical (unpaired) electrons. The van der Waals surface area contributed by atoms with E-state index in [1.54, 1.807) is 14.0 Å². The largest absolute Gasteiger partial charge is 0.497 e. The number of ether oxygens (including phenoxy) is 2. The maximum Gasteiger partial charge on any atom is 0.226 e. The van der Waals surface area contributed by atoms with Gasteiger partial charge in [0.25, 0.3) is 0 Å². The molecule has 1 N–H and O–H groups in total. The Balaban J connectivity index is 1.47. The number of piperidine rings is 1. The van der Waals surface area contributed by atoms with E-state index in [0.29, 0.717) is 12.3 Å². The molecule has 3 rings (SSSR count). The van der Waals surface area contributed by atoms with Crippen molar-refractivity contribution in [1.29, 1.82) is 0 Å². The van der Waals surface area contributed by atoms with Crippen LogP contribution in [0.2, 0.25) is 0 Å². The van der Waals surface area contributed by atoms with Gasteiger partial charge >= 0.3 is 0 Å². The van der Waals surface area contributed by atoms with Crippen LogP contribution in [-0.2, 0) is 20.7 Å². The zero-order chi connectivity index (χ0) is 20.0. The molecule has 28 heavy (non-hydrogen) atoms. The smallest absolute Gasteiger partial charge is 0.226 e. The van der Waals surface area contributed by atoms with E-state index >= 15 is 0 Å². The first-order valence-electron chi connectivity index (χ1n) is 10.3. The van der Waals surface area contributed by atoms with Crippen molar-refractivity contribution in [2.45, 2.75) is 51.0 Å². The lowest BCUT2D eigenvalue weighted by Gasteiger charge is -2.46. The van der Waals surface area contributed by atoms with E-state index < -0.39 is 0 Å². The molecule has 1 aromatic carbocycles. The number of nitrogens with zero attached hydrogens (tertiary/aromatic N) is 1. The Hall–Kier alpha value is -2.08. The van der Waals surface area contributed by atoms with E-state index in [-0.39, 0.29) is 17.4 Å². The van der Waals surface area contributed by atoms with Gasteiger partial charge in [0.2, 0.25) is 11.8 Å². The number of carbonyl (C=O) groups is 2. The number of carbonyl (C=O) groups excluding carboxylic acids is 2. The van der Waals surface area contributed by atoms with E-state index in [1.165, 1.54) is 0 Å². The van der Waals surface area contributed by atoms with Gasteiger partial charge in [-0.3, -0.25) is 9.59 Å². The number of benzene rings is 1. The topological polar surface area (TPSA) is 67.9 Å². The average molecular weight is 389 g/mol. The fourth-order valence-electron chi connectivity index (χ4n) is 4.37. The molecule has 154 valence electrons. The molecular weight excluding hydrogens is 356 g/mol. The van der Waals surface area contributed by atoms with Crippen LogP contribution in [0, 0.1) is 5.92 Å². The first-order valence-corrected chi connectivity index (χ1v) is 10.3. The second-order valence-corrected chi connectivity index (χ2v) is 8.07. The maximum atomic E-state index is 12.7. The second kappa shape index (κ2) is 9.41. The molecular formula is C22H32N2O4. The molecule has 0 aliphatic carbocycles. The summed E-state index contributed by atoms with van der Waals surface area (Å²) in [4.78, 5) is 25.7. The third-order valence-electron chi connectivity index (χ3n) is 6.06. The summed E-state index contributed by atoms with van der Waals surface area (Å²) in [6.45, 7) is 4.60. The van der Waals surface area contributed by atoms with Crippen LogP contribution in [0.5, 0.6) is 5.75 Å². The van der Waals surface area contributed by atoms with Crippen LogP contribution in [-0.4, -0.2) is 55.7 Å². The van der Waals surface area contributed by atoms with Crippen molar-refractivity contribution in [2.75, 3.05) is 33.4 Å². The molecule has 1 unspecified atom stereocenters. The van der Waals surface area contributed by atoms with Crippen LogP contribution >= 0.6 is 0 Å². The Kier molecular flexibility index (Phi) is 6.94. The Morgan fingerprint density at radius 2 is 1.96 bits per heavy atom. The first kappa shape index (κ1) is 20.6. The average Bonchev–Trinajstić information content (AvgIpc) is 2.69. The summed E-state index contributed by atoms with van der Waals surface area (Å²) in [5.41, 5.74) is 0.925. The monoisotopic (exact) mass is 388 g/mol. The predicted molar refractivity (Wildman–Crippen MR) is 107 cm³/mol. The molecule has 2 saturated heterocycles. The molecule has 2 amide bonds. The van der Waals surface area contributed by atoms with Crippen molar-refractivity contribution in [3.8, 4) is 5.75 Å². The summed E-state index contributed by atoms with van der Waals surface area (Å²) in [6.07, 6.45) is 5.33. The molecule has 2 fully saturated rings. The second-order valence-electron chi connectivity index (χ2n) is 8.07. The van der Waals surface area contributed by atoms with Crippen LogP contribution in [0.3, 0.4) is 0 Å². The number of likely N-dealkylation sites (tertiary alicyclic amines) is 1. The van der Waals surface area contributed by atoms with Gasteiger partial charge in [-0.25, -0.2) is 0 Å². The summed E-state index contributed by atoms with van der Waals surface area (Å²) in [5.74, 6) is 1.60. The highest BCUT2D eigenvalue weighted by Crippen LogP contribution is 2.38. The zero-order valence-electron chi connectivity index (χ0n) is 17.0. The van der Waals surface area contributed by atoms with Crippen molar-refractivity contribution in [1.82, 2.24) is 10.2 Å². The van der Waals surface area contributed by atoms with Crippen molar-refractivity contribution in [3.63, 3.8) is 0 Å². The Bertz CT molecular complexity index is 666. The lowest BCUT2D eigenvalue weighted by molar-refractivity contribution is -0.146. The quantitative estimate of drug-likeness (QED) is 0.813. The van der Waals surface area contributed by atoms with Crippen LogP contribution < -0.4 is 10.1 Å². The normalized spacial score (nSPS) is 21.4. The van der Waals surface area contributed by atoms with E-state index in [0.717, 1.165) is 69.7 Å². The molecule has 2 aliphatic heterocycles. The zero-order valence-corrected chi connectivity index (χ0v) is 17.0. The van der Waals surface area contributed by atoms with Gasteiger partial charge < -0.3 is 19.7 Å². The standard InChI is InChI=1S/C22H32N2O4/c1-17(25)23-11-7-19-8-14-28-22(16-19)9-12-24(13-10-22)21(26)15-18-3-5-20(27-2)6-4-18/h3-6,19H,7-16H2,1-2H3,(H,23,25). The minimum Gasteiger partial charge on any atom is -0.497 e. The Labute approximate surface area is 167 Å². The minimum atomic E-state index is -0.0873. The van der Waals surface area contributed by atoms with Crippen LogP contribution in [0.1, 0.15) is 44.6 Å². The Morgan fingerprint density at radius 1 is 1.25 bits per heavy atom. The molecule has 1 atom stereocenters. The van der Waals surface area contributed by atoms with Gasteiger partial charge in [0.15, 0.2) is 0 Å². The van der Waals surface area contributed by atoms with Gasteiger partial charge in [0.1, 0.15) is 5.75 Å². The van der Waals surface area contributed by atoms with Gasteiger partial charge in [0.05, 0.1) is 19.1 Å². The molecule has 2 heterocycles. The first-order chi connectivity index (χ1) is 13.5. The van der Waals surface area contributed by atoms with Gasteiger partial charge in [-0.2, -0.15) is 0 Å². The predicted octanol–water partition coefficient (Wildman–Crippen LogP) is 2.55. The van der Waals surface area contributed by atoms with Crippen molar-refractivity contribution >= 4 is 11.8 Å². The van der Waals surface area contributed by atoms with E-state index in [9.17, 15) is 9.59 Å². The van der Waals surface area contributed by atoms with E-state index in [1.807, 2.05) is 29.2 Å². The molecule has 1 spiro atoms. The highest BCUT2D eigenvalue weighted by molar-refractivity contribution is 5.79. The van der Waals surface area contributed by atoms with Crippen LogP contribution in [0.25, 0.3) is 0 Å². The summed E-state index contributed by atoms with van der Waals surface area (Å²) < 4.78 is 11.4. The minimum absolute atomic E-state index is 0.0328. The van der Waals surface area contributed by atoms with Gasteiger partial charge in [-0.15, -0.1) is 0 Å². The fourth-order valence-corrected chi connectivity index (χ4v) is 4.37. The van der Waals surface area contributed by atoms with Gasteiger partial charge in [-0.05, 0) is 55.7 Å². The maximum absolute atomic E-state index is 12.7. The SMILES string of the molecule is COc1ccc(CC(=O)N2CCC3(CC2)CC(CCNC(C)=O)CCO3)cc1. The summed E-state index contributed by atoms with van der Waals surface area (Å²) >= 11 is 0. The molecule has 2 aliphatic rings.